The van der Waals surface area contributed by atoms with Crippen molar-refractivity contribution in [3.05, 3.63) is 17.6 Å². The first kappa shape index (κ1) is 13.3. The van der Waals surface area contributed by atoms with E-state index in [9.17, 15) is 9.90 Å². The minimum absolute atomic E-state index is 0.459. The van der Waals surface area contributed by atoms with Crippen LogP contribution in [0.5, 0.6) is 0 Å². The maximum Gasteiger partial charge on any atom is 0.329 e. The van der Waals surface area contributed by atoms with E-state index >= 15 is 0 Å². The lowest BCUT2D eigenvalue weighted by Crippen LogP contribution is -2.51. The van der Waals surface area contributed by atoms with Crippen molar-refractivity contribution in [2.24, 2.45) is 0 Å². The summed E-state index contributed by atoms with van der Waals surface area (Å²) >= 11 is 0. The number of carboxylic acids is 1. The SMILES string of the molecule is O=C(O)C1(Nc2ncnc3c2CCCC3)CCOCC1. The Labute approximate surface area is 117 Å². The standard InChI is InChI=1S/C14H19N3O3/c18-13(19)14(5-7-20-8-6-14)17-12-10-3-1-2-4-11(10)15-9-16-12/h9H,1-8H2,(H,18,19)(H,15,16,17). The summed E-state index contributed by atoms with van der Waals surface area (Å²) in [5.74, 6) is -0.136. The van der Waals surface area contributed by atoms with Crippen LogP contribution in [0, 0.1) is 0 Å². The summed E-state index contributed by atoms with van der Waals surface area (Å²) in [6, 6.07) is 0. The third-order valence-corrected chi connectivity index (χ3v) is 4.24. The largest absolute Gasteiger partial charge is 0.480 e. The number of aromatic nitrogens is 2. The molecule has 0 spiro atoms. The third kappa shape index (κ3) is 2.35. The molecule has 0 atom stereocenters. The van der Waals surface area contributed by atoms with Crippen LogP contribution in [0.4, 0.5) is 5.82 Å². The Morgan fingerprint density at radius 2 is 2.00 bits per heavy atom. The number of aliphatic carboxylic acids is 1. The van der Waals surface area contributed by atoms with Crippen molar-refractivity contribution in [3.8, 4) is 0 Å². The smallest absolute Gasteiger partial charge is 0.329 e. The molecule has 20 heavy (non-hydrogen) atoms. The van der Waals surface area contributed by atoms with Crippen LogP contribution in [-0.4, -0.2) is 39.8 Å². The highest BCUT2D eigenvalue weighted by Gasteiger charge is 2.41. The van der Waals surface area contributed by atoms with Crippen molar-refractivity contribution >= 4 is 11.8 Å². The van der Waals surface area contributed by atoms with Crippen molar-refractivity contribution in [3.63, 3.8) is 0 Å². The number of rotatable bonds is 3. The summed E-state index contributed by atoms with van der Waals surface area (Å²) in [6.45, 7) is 0.930. The minimum atomic E-state index is -0.960. The van der Waals surface area contributed by atoms with Gasteiger partial charge >= 0.3 is 5.97 Å². The lowest BCUT2D eigenvalue weighted by atomic mass is 9.89. The van der Waals surface area contributed by atoms with Gasteiger partial charge in [0.25, 0.3) is 0 Å². The Morgan fingerprint density at radius 1 is 1.25 bits per heavy atom. The van der Waals surface area contributed by atoms with E-state index in [0.717, 1.165) is 36.9 Å². The summed E-state index contributed by atoms with van der Waals surface area (Å²) < 4.78 is 5.29. The van der Waals surface area contributed by atoms with Gasteiger partial charge in [-0.2, -0.15) is 0 Å². The van der Waals surface area contributed by atoms with Crippen LogP contribution in [0.3, 0.4) is 0 Å². The van der Waals surface area contributed by atoms with Gasteiger partial charge in [0.05, 0.1) is 0 Å². The van der Waals surface area contributed by atoms with Crippen molar-refractivity contribution < 1.29 is 14.6 Å². The first-order valence-corrected chi connectivity index (χ1v) is 7.13. The first-order valence-electron chi connectivity index (χ1n) is 7.13. The molecule has 0 unspecified atom stereocenters. The average molecular weight is 277 g/mol. The van der Waals surface area contributed by atoms with E-state index in [1.54, 1.807) is 0 Å². The molecule has 1 aromatic heterocycles. The second kappa shape index (κ2) is 5.36. The van der Waals surface area contributed by atoms with E-state index in [1.165, 1.54) is 6.33 Å². The highest BCUT2D eigenvalue weighted by atomic mass is 16.5. The molecule has 0 saturated carbocycles. The summed E-state index contributed by atoms with van der Waals surface area (Å²) in [7, 11) is 0. The van der Waals surface area contributed by atoms with E-state index < -0.39 is 11.5 Å². The van der Waals surface area contributed by atoms with Crippen molar-refractivity contribution in [1.29, 1.82) is 0 Å². The number of hydrogen-bond acceptors (Lipinski definition) is 5. The van der Waals surface area contributed by atoms with Crippen molar-refractivity contribution in [2.75, 3.05) is 18.5 Å². The zero-order valence-electron chi connectivity index (χ0n) is 11.4. The number of anilines is 1. The van der Waals surface area contributed by atoms with Crippen LogP contribution in [-0.2, 0) is 22.4 Å². The fraction of sp³-hybridized carbons (Fsp3) is 0.643. The first-order chi connectivity index (χ1) is 9.71. The number of carboxylic acid groups (broad SMARTS) is 1. The fourth-order valence-corrected chi connectivity index (χ4v) is 2.97. The number of hydrogen-bond donors (Lipinski definition) is 2. The van der Waals surface area contributed by atoms with Crippen LogP contribution in [0.1, 0.15) is 36.9 Å². The van der Waals surface area contributed by atoms with Crippen LogP contribution in [0.2, 0.25) is 0 Å². The molecule has 2 aliphatic rings. The van der Waals surface area contributed by atoms with Gasteiger partial charge in [0, 0.05) is 37.3 Å². The van der Waals surface area contributed by atoms with E-state index in [1.807, 2.05) is 0 Å². The quantitative estimate of drug-likeness (QED) is 0.868. The van der Waals surface area contributed by atoms with Gasteiger partial charge in [0.1, 0.15) is 17.7 Å². The molecule has 2 heterocycles. The fourth-order valence-electron chi connectivity index (χ4n) is 2.97. The summed E-state index contributed by atoms with van der Waals surface area (Å²) in [4.78, 5) is 20.3. The van der Waals surface area contributed by atoms with Gasteiger partial charge in [-0.1, -0.05) is 0 Å². The van der Waals surface area contributed by atoms with Gasteiger partial charge in [-0.25, -0.2) is 14.8 Å². The zero-order chi connectivity index (χ0) is 14.0. The van der Waals surface area contributed by atoms with Gasteiger partial charge in [-0.3, -0.25) is 0 Å². The van der Waals surface area contributed by atoms with Crippen LogP contribution in [0.15, 0.2) is 6.33 Å². The highest BCUT2D eigenvalue weighted by molar-refractivity contribution is 5.83. The van der Waals surface area contributed by atoms with Crippen molar-refractivity contribution in [1.82, 2.24) is 9.97 Å². The maximum atomic E-state index is 11.7. The summed E-state index contributed by atoms with van der Waals surface area (Å²) in [5, 5.41) is 12.8. The number of carbonyl (C=O) groups is 1. The lowest BCUT2D eigenvalue weighted by Gasteiger charge is -2.35. The molecule has 1 aliphatic carbocycles. The van der Waals surface area contributed by atoms with Gasteiger partial charge in [0.2, 0.25) is 0 Å². The molecular weight excluding hydrogens is 258 g/mol. The third-order valence-electron chi connectivity index (χ3n) is 4.24. The van der Waals surface area contributed by atoms with Crippen LogP contribution >= 0.6 is 0 Å². The Kier molecular flexibility index (Phi) is 3.56. The molecule has 0 amide bonds. The predicted molar refractivity (Wildman–Crippen MR) is 72.7 cm³/mol. The maximum absolute atomic E-state index is 11.7. The Morgan fingerprint density at radius 3 is 2.75 bits per heavy atom. The van der Waals surface area contributed by atoms with E-state index in [0.29, 0.717) is 31.9 Å². The van der Waals surface area contributed by atoms with E-state index in [4.69, 9.17) is 4.74 Å². The van der Waals surface area contributed by atoms with Gasteiger partial charge in [-0.15, -0.1) is 0 Å². The number of fused-ring (bicyclic) bond motifs is 1. The molecule has 1 saturated heterocycles. The number of nitrogens with zero attached hydrogens (tertiary/aromatic N) is 2. The van der Waals surface area contributed by atoms with Crippen LogP contribution < -0.4 is 5.32 Å². The molecule has 6 heteroatoms. The molecule has 3 rings (SSSR count). The molecule has 0 aromatic carbocycles. The summed E-state index contributed by atoms with van der Waals surface area (Å²) in [6.07, 6.45) is 6.57. The minimum Gasteiger partial charge on any atom is -0.480 e. The Bertz CT molecular complexity index is 512. The molecule has 0 bridgehead atoms. The molecule has 1 aromatic rings. The molecule has 108 valence electrons. The molecule has 1 fully saturated rings. The topological polar surface area (TPSA) is 84.3 Å². The monoisotopic (exact) mass is 277 g/mol. The Hall–Kier alpha value is -1.69. The highest BCUT2D eigenvalue weighted by Crippen LogP contribution is 2.30. The van der Waals surface area contributed by atoms with Gasteiger partial charge in [0.15, 0.2) is 0 Å². The molecule has 0 radical (unpaired) electrons. The van der Waals surface area contributed by atoms with Gasteiger partial charge in [-0.05, 0) is 25.7 Å². The number of nitrogens with one attached hydrogen (secondary N) is 1. The summed E-state index contributed by atoms with van der Waals surface area (Å²) in [5.41, 5.74) is 1.19. The zero-order valence-corrected chi connectivity index (χ0v) is 11.4. The number of ether oxygens (including phenoxy) is 1. The molecular formula is C14H19N3O3. The average Bonchev–Trinajstić information content (AvgIpc) is 2.48. The van der Waals surface area contributed by atoms with Crippen molar-refractivity contribution in [2.45, 2.75) is 44.1 Å². The second-order valence-electron chi connectivity index (χ2n) is 5.48. The van der Waals surface area contributed by atoms with Crippen LogP contribution in [0.25, 0.3) is 0 Å². The Balaban J connectivity index is 1.91. The second-order valence-corrected chi connectivity index (χ2v) is 5.48. The normalized spacial score (nSPS) is 21.0. The predicted octanol–water partition coefficient (Wildman–Crippen LogP) is 1.40. The van der Waals surface area contributed by atoms with Gasteiger partial charge < -0.3 is 15.2 Å². The molecule has 2 N–H and O–H groups in total. The van der Waals surface area contributed by atoms with E-state index in [-0.39, 0.29) is 0 Å². The van der Waals surface area contributed by atoms with E-state index in [2.05, 4.69) is 15.3 Å². The lowest BCUT2D eigenvalue weighted by molar-refractivity contribution is -0.145. The molecule has 6 nitrogen and oxygen atoms in total. The molecule has 1 aliphatic heterocycles. The number of aryl methyl sites for hydroxylation is 1.